The Morgan fingerprint density at radius 2 is 1.75 bits per heavy atom. The van der Waals surface area contributed by atoms with E-state index in [-0.39, 0.29) is 11.8 Å². The van der Waals surface area contributed by atoms with Crippen molar-refractivity contribution in [1.29, 1.82) is 0 Å². The molecule has 0 unspecified atom stereocenters. The summed E-state index contributed by atoms with van der Waals surface area (Å²) in [4.78, 5) is 25.6. The molecule has 0 fully saturated rings. The third kappa shape index (κ3) is 6.20. The topological polar surface area (TPSA) is 72.4 Å². The van der Waals surface area contributed by atoms with E-state index in [0.717, 1.165) is 27.7 Å². The van der Waals surface area contributed by atoms with Crippen molar-refractivity contribution in [2.75, 3.05) is 25.6 Å². The average molecular weight is 484 g/mol. The van der Waals surface area contributed by atoms with Gasteiger partial charge in [0.15, 0.2) is 0 Å². The van der Waals surface area contributed by atoms with Crippen LogP contribution in [0.3, 0.4) is 0 Å². The Labute approximate surface area is 212 Å². The second kappa shape index (κ2) is 11.7. The number of hydrogen-bond acceptors (Lipinski definition) is 3. The van der Waals surface area contributed by atoms with Gasteiger partial charge in [-0.1, -0.05) is 54.1 Å². The average Bonchev–Trinajstić information content (AvgIpc) is 3.23. The van der Waals surface area contributed by atoms with E-state index in [1.807, 2.05) is 59.2 Å². The summed E-state index contributed by atoms with van der Waals surface area (Å²) in [6.07, 6.45) is 1.09. The van der Waals surface area contributed by atoms with Crippen LogP contribution in [0.15, 0.2) is 72.8 Å². The summed E-state index contributed by atoms with van der Waals surface area (Å²) in [6, 6.07) is 24.0. The Morgan fingerprint density at radius 3 is 2.53 bits per heavy atom. The minimum Gasteiger partial charge on any atom is -0.383 e. The Bertz CT molecular complexity index is 1360. The molecule has 0 bridgehead atoms. The van der Waals surface area contributed by atoms with Crippen LogP contribution in [0, 0.1) is 13.8 Å². The quantitative estimate of drug-likeness (QED) is 0.303. The van der Waals surface area contributed by atoms with Gasteiger partial charge in [0.1, 0.15) is 5.69 Å². The number of carbonyl (C=O) groups excluding carboxylic acids is 2. The lowest BCUT2D eigenvalue weighted by molar-refractivity contribution is -0.116. The Morgan fingerprint density at radius 1 is 0.944 bits per heavy atom. The summed E-state index contributed by atoms with van der Waals surface area (Å²) in [5.41, 5.74) is 6.89. The molecule has 36 heavy (non-hydrogen) atoms. The van der Waals surface area contributed by atoms with Crippen molar-refractivity contribution in [2.45, 2.75) is 33.2 Å². The number of aryl methyl sites for hydroxylation is 3. The normalized spacial score (nSPS) is 11.0. The van der Waals surface area contributed by atoms with Crippen molar-refractivity contribution in [3.05, 3.63) is 101 Å². The molecule has 186 valence electrons. The zero-order valence-electron chi connectivity index (χ0n) is 21.1. The highest BCUT2D eigenvalue weighted by atomic mass is 16.5. The van der Waals surface area contributed by atoms with Crippen LogP contribution in [-0.4, -0.2) is 36.6 Å². The van der Waals surface area contributed by atoms with E-state index in [2.05, 4.69) is 42.7 Å². The molecule has 6 heteroatoms. The van der Waals surface area contributed by atoms with Crippen molar-refractivity contribution < 1.29 is 14.3 Å². The first kappa shape index (κ1) is 25.2. The standard InChI is InChI=1S/C30H33N3O3/c1-21-9-10-22(2)25(17-21)20-33-27-13-12-26(32-29(34)14-11-23-7-5-4-6-8-23)18-24(27)19-28(33)30(35)31-15-16-36-3/h4-10,12-13,17-19H,11,14-16,20H2,1-3H3,(H,31,35)(H,32,34). The van der Waals surface area contributed by atoms with E-state index >= 15 is 0 Å². The molecule has 1 heterocycles. The molecule has 0 saturated carbocycles. The summed E-state index contributed by atoms with van der Waals surface area (Å²) in [5, 5.41) is 6.84. The third-order valence-electron chi connectivity index (χ3n) is 6.33. The molecular weight excluding hydrogens is 450 g/mol. The van der Waals surface area contributed by atoms with Crippen LogP contribution in [0.25, 0.3) is 10.9 Å². The summed E-state index contributed by atoms with van der Waals surface area (Å²) in [5.74, 6) is -0.187. The van der Waals surface area contributed by atoms with Crippen molar-refractivity contribution in [3.63, 3.8) is 0 Å². The van der Waals surface area contributed by atoms with Crippen LogP contribution in [0.2, 0.25) is 0 Å². The third-order valence-corrected chi connectivity index (χ3v) is 6.33. The van der Waals surface area contributed by atoms with Gasteiger partial charge in [-0.15, -0.1) is 0 Å². The predicted octanol–water partition coefficient (Wildman–Crippen LogP) is 5.25. The number of carbonyl (C=O) groups is 2. The van der Waals surface area contributed by atoms with Crippen molar-refractivity contribution in [1.82, 2.24) is 9.88 Å². The number of amides is 2. The zero-order valence-corrected chi connectivity index (χ0v) is 21.1. The van der Waals surface area contributed by atoms with E-state index < -0.39 is 0 Å². The molecule has 1 aromatic heterocycles. The van der Waals surface area contributed by atoms with Crippen LogP contribution < -0.4 is 10.6 Å². The fourth-order valence-electron chi connectivity index (χ4n) is 4.33. The van der Waals surface area contributed by atoms with Gasteiger partial charge in [0.05, 0.1) is 6.61 Å². The second-order valence-electron chi connectivity index (χ2n) is 9.10. The summed E-state index contributed by atoms with van der Waals surface area (Å²) in [7, 11) is 1.61. The Kier molecular flexibility index (Phi) is 8.18. The zero-order chi connectivity index (χ0) is 25.5. The fourth-order valence-corrected chi connectivity index (χ4v) is 4.33. The minimum atomic E-state index is -0.151. The maximum absolute atomic E-state index is 13.1. The van der Waals surface area contributed by atoms with Crippen LogP contribution in [-0.2, 0) is 22.5 Å². The molecule has 0 aliphatic rings. The van der Waals surface area contributed by atoms with Crippen molar-refractivity contribution in [3.8, 4) is 0 Å². The fraction of sp³-hybridized carbons (Fsp3) is 0.267. The van der Waals surface area contributed by atoms with Crippen molar-refractivity contribution >= 4 is 28.4 Å². The van der Waals surface area contributed by atoms with E-state index in [0.29, 0.717) is 38.2 Å². The first-order valence-electron chi connectivity index (χ1n) is 12.2. The number of aromatic nitrogens is 1. The lowest BCUT2D eigenvalue weighted by atomic mass is 10.1. The van der Waals surface area contributed by atoms with Crippen LogP contribution in [0.4, 0.5) is 5.69 Å². The summed E-state index contributed by atoms with van der Waals surface area (Å²) in [6.45, 7) is 5.61. The maximum atomic E-state index is 13.1. The molecule has 2 amide bonds. The number of hydrogen-bond donors (Lipinski definition) is 2. The molecule has 4 aromatic rings. The molecule has 0 aliphatic carbocycles. The molecule has 0 spiro atoms. The minimum absolute atomic E-state index is 0.0365. The van der Waals surface area contributed by atoms with Gasteiger partial charge in [-0.25, -0.2) is 0 Å². The van der Waals surface area contributed by atoms with Gasteiger partial charge >= 0.3 is 0 Å². The number of ether oxygens (including phenoxy) is 1. The number of benzene rings is 3. The van der Waals surface area contributed by atoms with Gasteiger partial charge in [0.25, 0.3) is 5.91 Å². The number of nitrogens with zero attached hydrogens (tertiary/aromatic N) is 1. The van der Waals surface area contributed by atoms with Crippen LogP contribution in [0.1, 0.15) is 39.2 Å². The van der Waals surface area contributed by atoms with E-state index in [1.165, 1.54) is 11.1 Å². The van der Waals surface area contributed by atoms with E-state index in [4.69, 9.17) is 4.74 Å². The van der Waals surface area contributed by atoms with Gasteiger partial charge in [-0.2, -0.15) is 0 Å². The molecule has 0 radical (unpaired) electrons. The van der Waals surface area contributed by atoms with Gasteiger partial charge < -0.3 is 19.9 Å². The largest absolute Gasteiger partial charge is 0.383 e. The van der Waals surface area contributed by atoms with Gasteiger partial charge in [0, 0.05) is 43.2 Å². The predicted molar refractivity (Wildman–Crippen MR) is 145 cm³/mol. The first-order valence-corrected chi connectivity index (χ1v) is 12.2. The van der Waals surface area contributed by atoms with E-state index in [1.54, 1.807) is 7.11 Å². The molecule has 0 atom stereocenters. The maximum Gasteiger partial charge on any atom is 0.268 e. The van der Waals surface area contributed by atoms with E-state index in [9.17, 15) is 9.59 Å². The molecule has 2 N–H and O–H groups in total. The number of methoxy groups -OCH3 is 1. The van der Waals surface area contributed by atoms with Crippen LogP contribution >= 0.6 is 0 Å². The molecule has 0 aliphatic heterocycles. The number of rotatable bonds is 10. The second-order valence-corrected chi connectivity index (χ2v) is 9.10. The monoisotopic (exact) mass is 483 g/mol. The Balaban J connectivity index is 1.59. The van der Waals surface area contributed by atoms with Crippen molar-refractivity contribution in [2.24, 2.45) is 0 Å². The SMILES string of the molecule is COCCNC(=O)c1cc2cc(NC(=O)CCc3ccccc3)ccc2n1Cc1cc(C)ccc1C. The molecule has 6 nitrogen and oxygen atoms in total. The lowest BCUT2D eigenvalue weighted by Crippen LogP contribution is -2.29. The summed E-state index contributed by atoms with van der Waals surface area (Å²) < 4.78 is 7.12. The lowest BCUT2D eigenvalue weighted by Gasteiger charge is -2.14. The summed E-state index contributed by atoms with van der Waals surface area (Å²) >= 11 is 0. The molecule has 0 saturated heterocycles. The Hall–Kier alpha value is -3.90. The highest BCUT2D eigenvalue weighted by molar-refractivity contribution is 6.00. The van der Waals surface area contributed by atoms with Gasteiger partial charge in [0.2, 0.25) is 5.91 Å². The number of anilines is 1. The highest BCUT2D eigenvalue weighted by Gasteiger charge is 2.17. The number of fused-ring (bicyclic) bond motifs is 1. The molecule has 4 rings (SSSR count). The smallest absolute Gasteiger partial charge is 0.268 e. The first-order chi connectivity index (χ1) is 17.4. The van der Waals surface area contributed by atoms with Gasteiger partial charge in [-0.3, -0.25) is 9.59 Å². The number of nitrogens with one attached hydrogen (secondary N) is 2. The molecular formula is C30H33N3O3. The highest BCUT2D eigenvalue weighted by Crippen LogP contribution is 2.26. The molecule has 3 aromatic carbocycles. The van der Waals surface area contributed by atoms with Gasteiger partial charge in [-0.05, 0) is 61.2 Å². The van der Waals surface area contributed by atoms with Crippen LogP contribution in [0.5, 0.6) is 0 Å².